The standard InChI is InChI=1S/C6H12N2O2/c7-6(9)8-5-2-1-3-10-4-5/h5H,1-4H2,(H3,7,8,9). The maximum atomic E-state index is 10.3. The zero-order valence-electron chi connectivity index (χ0n) is 5.80. The van der Waals surface area contributed by atoms with Gasteiger partial charge < -0.3 is 15.8 Å². The lowest BCUT2D eigenvalue weighted by Crippen LogP contribution is -2.43. The number of hydrogen-bond acceptors (Lipinski definition) is 2. The number of hydrogen-bond donors (Lipinski definition) is 2. The minimum atomic E-state index is -0.462. The van der Waals surface area contributed by atoms with Gasteiger partial charge in [0.25, 0.3) is 0 Å². The van der Waals surface area contributed by atoms with Crippen LogP contribution in [0.25, 0.3) is 0 Å². The van der Waals surface area contributed by atoms with E-state index in [0.29, 0.717) is 6.61 Å². The van der Waals surface area contributed by atoms with Gasteiger partial charge in [-0.25, -0.2) is 4.79 Å². The van der Waals surface area contributed by atoms with Crippen molar-refractivity contribution in [2.75, 3.05) is 13.2 Å². The second-order valence-corrected chi connectivity index (χ2v) is 2.42. The van der Waals surface area contributed by atoms with E-state index in [4.69, 9.17) is 10.5 Å². The summed E-state index contributed by atoms with van der Waals surface area (Å²) in [4.78, 5) is 10.3. The Labute approximate surface area is 59.7 Å². The van der Waals surface area contributed by atoms with Crippen molar-refractivity contribution in [2.24, 2.45) is 5.73 Å². The molecule has 1 fully saturated rings. The number of urea groups is 1. The van der Waals surface area contributed by atoms with Crippen molar-refractivity contribution in [1.29, 1.82) is 0 Å². The normalized spacial score (nSPS) is 25.8. The third-order valence-corrected chi connectivity index (χ3v) is 1.51. The molecule has 1 atom stereocenters. The summed E-state index contributed by atoms with van der Waals surface area (Å²) < 4.78 is 5.11. The molecule has 0 saturated carbocycles. The van der Waals surface area contributed by atoms with Gasteiger partial charge in [-0.05, 0) is 12.8 Å². The zero-order chi connectivity index (χ0) is 7.40. The van der Waals surface area contributed by atoms with E-state index in [9.17, 15) is 4.79 Å². The lowest BCUT2D eigenvalue weighted by molar-refractivity contribution is 0.0737. The van der Waals surface area contributed by atoms with E-state index in [2.05, 4.69) is 5.32 Å². The Kier molecular flexibility index (Phi) is 2.50. The van der Waals surface area contributed by atoms with Gasteiger partial charge in [0.1, 0.15) is 0 Å². The monoisotopic (exact) mass is 144 g/mol. The van der Waals surface area contributed by atoms with Gasteiger partial charge in [0.2, 0.25) is 0 Å². The predicted molar refractivity (Wildman–Crippen MR) is 36.6 cm³/mol. The summed E-state index contributed by atoms with van der Waals surface area (Å²) in [6.07, 6.45) is 1.98. The largest absolute Gasteiger partial charge is 0.379 e. The van der Waals surface area contributed by atoms with Gasteiger partial charge in [0, 0.05) is 6.61 Å². The molecular weight excluding hydrogens is 132 g/mol. The van der Waals surface area contributed by atoms with E-state index < -0.39 is 6.03 Å². The molecule has 3 N–H and O–H groups in total. The quantitative estimate of drug-likeness (QED) is 0.536. The molecule has 0 aliphatic carbocycles. The second-order valence-electron chi connectivity index (χ2n) is 2.42. The molecular formula is C6H12N2O2. The molecule has 0 radical (unpaired) electrons. The minimum Gasteiger partial charge on any atom is -0.379 e. The first-order valence-corrected chi connectivity index (χ1v) is 3.43. The molecule has 1 aliphatic rings. The van der Waals surface area contributed by atoms with E-state index in [1.165, 1.54) is 0 Å². The molecule has 1 saturated heterocycles. The summed E-state index contributed by atoms with van der Waals surface area (Å²) in [5.74, 6) is 0. The van der Waals surface area contributed by atoms with Crippen LogP contribution in [0.1, 0.15) is 12.8 Å². The molecule has 0 spiro atoms. The molecule has 4 nitrogen and oxygen atoms in total. The van der Waals surface area contributed by atoms with E-state index in [1.54, 1.807) is 0 Å². The molecule has 1 aliphatic heterocycles. The number of amides is 2. The lowest BCUT2D eigenvalue weighted by atomic mass is 10.1. The van der Waals surface area contributed by atoms with Crippen LogP contribution >= 0.6 is 0 Å². The predicted octanol–water partition coefficient (Wildman–Crippen LogP) is -0.166. The zero-order valence-corrected chi connectivity index (χ0v) is 5.80. The van der Waals surface area contributed by atoms with Gasteiger partial charge in [-0.15, -0.1) is 0 Å². The van der Waals surface area contributed by atoms with Gasteiger partial charge >= 0.3 is 6.03 Å². The summed E-state index contributed by atoms with van der Waals surface area (Å²) in [5.41, 5.74) is 4.92. The number of ether oxygens (including phenoxy) is 1. The molecule has 0 aromatic rings. The average molecular weight is 144 g/mol. The van der Waals surface area contributed by atoms with Crippen molar-refractivity contribution in [1.82, 2.24) is 5.32 Å². The summed E-state index contributed by atoms with van der Waals surface area (Å²) in [6.45, 7) is 1.40. The van der Waals surface area contributed by atoms with Gasteiger partial charge in [0.15, 0.2) is 0 Å². The van der Waals surface area contributed by atoms with E-state index >= 15 is 0 Å². The maximum Gasteiger partial charge on any atom is 0.312 e. The maximum absolute atomic E-state index is 10.3. The summed E-state index contributed by atoms with van der Waals surface area (Å²) in [6, 6.07) is -0.332. The van der Waals surface area contributed by atoms with Crippen molar-refractivity contribution in [3.05, 3.63) is 0 Å². The number of rotatable bonds is 1. The number of carbonyl (C=O) groups excluding carboxylic acids is 1. The van der Waals surface area contributed by atoms with E-state index in [1.807, 2.05) is 0 Å². The molecule has 4 heteroatoms. The van der Waals surface area contributed by atoms with Crippen LogP contribution in [0.3, 0.4) is 0 Å². The van der Waals surface area contributed by atoms with Crippen LogP contribution in [0.4, 0.5) is 4.79 Å². The number of nitrogens with two attached hydrogens (primary N) is 1. The highest BCUT2D eigenvalue weighted by atomic mass is 16.5. The van der Waals surface area contributed by atoms with Crippen molar-refractivity contribution in [2.45, 2.75) is 18.9 Å². The van der Waals surface area contributed by atoms with Crippen LogP contribution in [-0.4, -0.2) is 25.3 Å². The van der Waals surface area contributed by atoms with Crippen molar-refractivity contribution in [3.63, 3.8) is 0 Å². The van der Waals surface area contributed by atoms with Crippen LogP contribution in [0, 0.1) is 0 Å². The third kappa shape index (κ3) is 2.23. The van der Waals surface area contributed by atoms with Gasteiger partial charge in [-0.1, -0.05) is 0 Å². The minimum absolute atomic E-state index is 0.131. The van der Waals surface area contributed by atoms with Crippen LogP contribution < -0.4 is 11.1 Å². The Bertz CT molecular complexity index is 121. The van der Waals surface area contributed by atoms with Gasteiger partial charge in [0.05, 0.1) is 12.6 Å². The Hall–Kier alpha value is -0.770. The van der Waals surface area contributed by atoms with Crippen LogP contribution in [0.5, 0.6) is 0 Å². The molecule has 10 heavy (non-hydrogen) atoms. The number of primary amides is 1. The molecule has 1 heterocycles. The highest BCUT2D eigenvalue weighted by Gasteiger charge is 2.13. The summed E-state index contributed by atoms with van der Waals surface area (Å²) in [5, 5.41) is 2.60. The van der Waals surface area contributed by atoms with Gasteiger partial charge in [-0.2, -0.15) is 0 Å². The molecule has 1 unspecified atom stereocenters. The van der Waals surface area contributed by atoms with Crippen molar-refractivity contribution in [3.8, 4) is 0 Å². The highest BCUT2D eigenvalue weighted by molar-refractivity contribution is 5.71. The van der Waals surface area contributed by atoms with E-state index in [0.717, 1.165) is 19.4 Å². The lowest BCUT2D eigenvalue weighted by Gasteiger charge is -2.21. The van der Waals surface area contributed by atoms with Crippen LogP contribution in [-0.2, 0) is 4.74 Å². The fourth-order valence-electron chi connectivity index (χ4n) is 1.06. The SMILES string of the molecule is NC(=O)NC1CCCOC1. The Balaban J connectivity index is 2.19. The molecule has 58 valence electrons. The first-order chi connectivity index (χ1) is 4.79. The molecule has 0 aromatic heterocycles. The van der Waals surface area contributed by atoms with Crippen molar-refractivity contribution >= 4 is 6.03 Å². The van der Waals surface area contributed by atoms with Crippen molar-refractivity contribution < 1.29 is 9.53 Å². The first kappa shape index (κ1) is 7.34. The molecule has 0 bridgehead atoms. The third-order valence-electron chi connectivity index (χ3n) is 1.51. The molecule has 2 amide bonds. The smallest absolute Gasteiger partial charge is 0.312 e. The molecule has 0 aromatic carbocycles. The Morgan fingerprint density at radius 3 is 3.00 bits per heavy atom. The van der Waals surface area contributed by atoms with Crippen LogP contribution in [0.15, 0.2) is 0 Å². The topological polar surface area (TPSA) is 64.4 Å². The second kappa shape index (κ2) is 3.41. The fraction of sp³-hybridized carbons (Fsp3) is 0.833. The summed E-state index contributed by atoms with van der Waals surface area (Å²) >= 11 is 0. The fourth-order valence-corrected chi connectivity index (χ4v) is 1.06. The first-order valence-electron chi connectivity index (χ1n) is 3.43. The Morgan fingerprint density at radius 1 is 1.70 bits per heavy atom. The average Bonchev–Trinajstić information content (AvgIpc) is 1.88. The van der Waals surface area contributed by atoms with Crippen LogP contribution in [0.2, 0.25) is 0 Å². The molecule has 1 rings (SSSR count). The Morgan fingerprint density at radius 2 is 2.50 bits per heavy atom. The number of carbonyl (C=O) groups is 1. The van der Waals surface area contributed by atoms with E-state index in [-0.39, 0.29) is 6.04 Å². The summed E-state index contributed by atoms with van der Waals surface area (Å²) in [7, 11) is 0. The number of nitrogens with one attached hydrogen (secondary N) is 1. The highest BCUT2D eigenvalue weighted by Crippen LogP contribution is 2.04. The van der Waals surface area contributed by atoms with Gasteiger partial charge in [-0.3, -0.25) is 0 Å².